The number of hydrogen-bond acceptors (Lipinski definition) is 26. The Morgan fingerprint density at radius 1 is 0.540 bits per heavy atom. The lowest BCUT2D eigenvalue weighted by Crippen LogP contribution is -2.62. The van der Waals surface area contributed by atoms with Gasteiger partial charge in [-0.25, -0.2) is 4.98 Å². The highest BCUT2D eigenvalue weighted by Gasteiger charge is 2.46. The van der Waals surface area contributed by atoms with Crippen LogP contribution in [0.1, 0.15) is 153 Å². The number of primary amides is 2. The number of aliphatic hydroxyl groups excluding tert-OH is 1. The second-order valence-corrected chi connectivity index (χ2v) is 37.5. The Morgan fingerprint density at radius 3 is 1.67 bits per heavy atom. The lowest BCUT2D eigenvalue weighted by Gasteiger charge is -2.36. The number of aliphatic hydroxyl groups is 1. The van der Waals surface area contributed by atoms with Crippen LogP contribution in [0.3, 0.4) is 0 Å². The summed E-state index contributed by atoms with van der Waals surface area (Å²) in [6.07, 6.45) is 1.65. The third-order valence-corrected chi connectivity index (χ3v) is 26.7. The highest BCUT2D eigenvalue weighted by Crippen LogP contribution is 2.30. The number of imidazole rings is 1. The number of nitrogens with one attached hydrogen (secondary N) is 13. The van der Waals surface area contributed by atoms with Gasteiger partial charge in [-0.1, -0.05) is 102 Å². The predicted molar refractivity (Wildman–Crippen MR) is 513 cm³/mol. The number of carbonyl (C=O) groups excluding carboxylic acids is 17. The number of carbonyl (C=O) groups is 18. The van der Waals surface area contributed by atoms with Gasteiger partial charge in [-0.3, -0.25) is 91.6 Å². The number of hydrogen-bond donors (Lipinski definition) is 20. The van der Waals surface area contributed by atoms with Gasteiger partial charge in [0.05, 0.1) is 31.7 Å². The summed E-state index contributed by atoms with van der Waals surface area (Å²) < 4.78 is 0.819. The molecule has 24 N–H and O–H groups in total. The van der Waals surface area contributed by atoms with E-state index in [9.17, 15) is 48.9 Å². The number of aromatic nitrogens is 3. The second kappa shape index (κ2) is 53.1. The first-order valence-corrected chi connectivity index (χ1v) is 48.7. The fourth-order valence-corrected chi connectivity index (χ4v) is 19.1. The number of phenolic OH excluding ortho intramolecular Hbond substituents is 1. The highest BCUT2D eigenvalue weighted by molar-refractivity contribution is 8.00. The zero-order valence-electron chi connectivity index (χ0n) is 79.1. The second-order valence-electron chi connectivity index (χ2n) is 35.6. The minimum absolute atomic E-state index is 0.000533. The number of para-hydroxylation sites is 1. The number of aliphatic carboxylic acids is 1. The van der Waals surface area contributed by atoms with E-state index in [1.165, 1.54) is 67.1 Å². The number of H-pyrrole nitrogens is 2. The van der Waals surface area contributed by atoms with Crippen molar-refractivity contribution in [2.45, 2.75) is 247 Å². The highest BCUT2D eigenvalue weighted by atomic mass is 32.2. The number of thioether (sulfide) groups is 1. The van der Waals surface area contributed by atoms with Crippen molar-refractivity contribution < 1.29 is 102 Å². The van der Waals surface area contributed by atoms with Crippen LogP contribution < -0.4 is 81.4 Å². The lowest BCUT2D eigenvalue weighted by molar-refractivity contribution is -0.149. The molecule has 3 aromatic carbocycles. The molecule has 3 aromatic heterocycles. The lowest BCUT2D eigenvalue weighted by atomic mass is 10.00. The topological polar surface area (TPSA) is 665 Å². The molecular weight excluding hydrogens is 1840 g/mol. The SMILES string of the molecule is CCCC[C@H]1C(=O)N(C)[C@@H](CCCC)C(=O)N[C@@H](CCCNC(N)N)C(=O)N[C@H](C(=O)NCC(N)=O)CSCC(=O)N[C@@H](Cc2ccc(O)cc2)C(=O)N(C)[C@@H](CCC(=O)O)C(=O)N[C@@H](CC(N)=O)C(=O)N2CCC[C@H]2C(=O)N[C@@H](Cc2cnc[nH]2)C(=O)N[C@@H](CC(C)C)C(=O)N2CCC[C@H]2C(=O)N[C@@H](Cc2c[nH]c3ccccc23)C(=O)N[C@@H](CO)C(=O)N[C@@H](Cc2csc3ccccc23)C(=O)N1C. The average molecular weight is 1970 g/mol. The molecule has 6 aromatic rings. The van der Waals surface area contributed by atoms with E-state index < -0.39 is 241 Å². The Morgan fingerprint density at radius 2 is 1.07 bits per heavy atom. The molecule has 0 unspecified atom stereocenters. The molecule has 0 radical (unpaired) electrons. The van der Waals surface area contributed by atoms with Crippen molar-refractivity contribution in [2.75, 3.05) is 65.4 Å². The van der Waals surface area contributed by atoms with E-state index in [4.69, 9.17) is 22.9 Å². The summed E-state index contributed by atoms with van der Waals surface area (Å²) in [6.45, 7) is 5.29. The van der Waals surface area contributed by atoms with Crippen LogP contribution in [0, 0.1) is 5.92 Å². The van der Waals surface area contributed by atoms with E-state index in [0.717, 1.165) is 48.5 Å². The molecule has 0 saturated carbocycles. The average Bonchev–Trinajstić information content (AvgIpc) is 1.69. The monoisotopic (exact) mass is 1970 g/mol. The van der Waals surface area contributed by atoms with Crippen LogP contribution >= 0.6 is 23.1 Å². The van der Waals surface area contributed by atoms with E-state index in [1.54, 1.807) is 55.8 Å². The maximum atomic E-state index is 15.8. The molecule has 3 saturated heterocycles. The Balaban J connectivity index is 1.11. The first-order valence-electron chi connectivity index (χ1n) is 46.7. The fourth-order valence-electron chi connectivity index (χ4n) is 17.2. The number of fused-ring (bicyclic) bond motifs is 4. The number of unbranched alkanes of at least 4 members (excludes halogenated alkanes) is 2. The molecule has 0 bridgehead atoms. The molecule has 17 amide bonds. The minimum Gasteiger partial charge on any atom is -0.508 e. The summed E-state index contributed by atoms with van der Waals surface area (Å²) in [6, 6.07) is -2.26. The summed E-state index contributed by atoms with van der Waals surface area (Å²) in [5, 5.41) is 64.2. The number of aromatic hydroxyl groups is 1. The van der Waals surface area contributed by atoms with Crippen LogP contribution in [0.25, 0.3) is 21.0 Å². The molecule has 0 spiro atoms. The summed E-state index contributed by atoms with van der Waals surface area (Å²) in [4.78, 5) is 280. The van der Waals surface area contributed by atoms with Crippen LogP contribution in [0.5, 0.6) is 5.75 Å². The van der Waals surface area contributed by atoms with E-state index in [2.05, 4.69) is 73.4 Å². The van der Waals surface area contributed by atoms with Gasteiger partial charge in [0.15, 0.2) is 0 Å². The Labute approximate surface area is 812 Å². The molecule has 756 valence electrons. The largest absolute Gasteiger partial charge is 0.508 e. The third kappa shape index (κ3) is 31.4. The Hall–Kier alpha value is -13.2. The standard InChI is InChI=1S/C93H131N23O21S2/c1-8-10-23-69-84(129)104-60(22-16-34-99-93(96)97)80(125)111-68(79(124)101-45-76(95)120)48-138-49-77(121)103-64(38-52-28-30-56(118)31-29-52)88(133)112(5)70(32-33-78(122)123)85(130)109-66(42-75(94)119)91(136)116-36-18-26-72(116)87(132)106-62(41-55-44-98-50-102-55)82(127)107-63(37-51(3)4)90(135)115-35-17-25-71(115)86(131)105-61(39-53-43-100-59-21-14-12-19-57(53)59)81(126)110-67(46-117)83(128)108-65(40-54-47-139-74-27-15-13-20-58(54)74)89(134)114(7)73(24-11-9-2)92(137)113(69)6/h12-15,19-21,27-31,43-44,47,50-51,60-73,93,99-100,117-118H,8-11,16-18,22-26,32-42,45-46,48-49,96-97H2,1-7H3,(H2,94,119)(H2,95,120)(H,98,102)(H,101,124)(H,103,121)(H,104,129)(H,105,131)(H,106,132)(H,107,127)(H,108,128)(H,109,130)(H,110,126)(H,111,125)(H,122,123)/t60-,61-,62-,63-,64-,65-,66-,67-,68-,69-,70-,71-,72-,73-/m0/s1. The van der Waals surface area contributed by atoms with Crippen molar-refractivity contribution in [3.63, 3.8) is 0 Å². The summed E-state index contributed by atoms with van der Waals surface area (Å²) >= 11 is 2.08. The zero-order valence-corrected chi connectivity index (χ0v) is 80.7. The van der Waals surface area contributed by atoms with Crippen molar-refractivity contribution in [1.82, 2.24) is 97.9 Å². The molecule has 14 atom stereocenters. The number of carboxylic acids is 1. The molecule has 3 fully saturated rings. The number of aromatic amines is 2. The van der Waals surface area contributed by atoms with Gasteiger partial charge in [-0.05, 0) is 128 Å². The minimum atomic E-state index is -1.91. The van der Waals surface area contributed by atoms with Gasteiger partial charge in [-0.15, -0.1) is 23.1 Å². The van der Waals surface area contributed by atoms with E-state index in [0.29, 0.717) is 59.0 Å². The molecule has 6 heterocycles. The number of benzene rings is 3. The van der Waals surface area contributed by atoms with Crippen LogP contribution in [-0.2, 0) is 112 Å². The first kappa shape index (κ1) is 109. The van der Waals surface area contributed by atoms with Crippen molar-refractivity contribution in [3.8, 4) is 5.75 Å². The van der Waals surface area contributed by atoms with Crippen LogP contribution in [0.15, 0.2) is 96.9 Å². The summed E-state index contributed by atoms with van der Waals surface area (Å²) in [5.74, 6) is -19.3. The Kier molecular flexibility index (Phi) is 41.8. The van der Waals surface area contributed by atoms with Gasteiger partial charge in [-0.2, -0.15) is 0 Å². The maximum absolute atomic E-state index is 15.8. The quantitative estimate of drug-likeness (QED) is 0.0171. The molecule has 0 aliphatic carbocycles. The summed E-state index contributed by atoms with van der Waals surface area (Å²) in [7, 11) is 3.82. The molecular formula is C93H131N23O21S2. The normalized spacial score (nSPS) is 23.9. The van der Waals surface area contributed by atoms with Gasteiger partial charge in [0.2, 0.25) is 100 Å². The van der Waals surface area contributed by atoms with Crippen LogP contribution in [0.4, 0.5) is 0 Å². The number of rotatable bonds is 30. The fraction of sp³-hybridized carbons (Fsp3) is 0.538. The van der Waals surface area contributed by atoms with Crippen molar-refractivity contribution in [2.24, 2.45) is 28.9 Å². The maximum Gasteiger partial charge on any atom is 0.303 e. The number of phenols is 1. The zero-order chi connectivity index (χ0) is 101. The van der Waals surface area contributed by atoms with E-state index in [1.807, 2.05) is 32.0 Å². The van der Waals surface area contributed by atoms with E-state index >= 15 is 52.7 Å². The van der Waals surface area contributed by atoms with Gasteiger partial charge in [0.25, 0.3) is 0 Å². The molecule has 3 aliphatic rings. The van der Waals surface area contributed by atoms with Crippen molar-refractivity contribution >= 4 is 150 Å². The summed E-state index contributed by atoms with van der Waals surface area (Å²) in [5.41, 5.74) is 25.3. The number of nitrogens with zero attached hydrogens (tertiary/aromatic N) is 6. The predicted octanol–water partition coefficient (Wildman–Crippen LogP) is -2.01. The number of carboxylic acid groups (broad SMARTS) is 1. The number of nitrogens with two attached hydrogens (primary N) is 4. The molecule has 44 nitrogen and oxygen atoms in total. The van der Waals surface area contributed by atoms with Crippen molar-refractivity contribution in [1.29, 1.82) is 0 Å². The van der Waals surface area contributed by atoms with Crippen LogP contribution in [-0.4, -0.2) is 317 Å². The molecule has 139 heavy (non-hydrogen) atoms. The van der Waals surface area contributed by atoms with Gasteiger partial charge >= 0.3 is 5.97 Å². The Bertz CT molecular complexity index is 5310. The van der Waals surface area contributed by atoms with E-state index in [-0.39, 0.29) is 115 Å². The number of amides is 17. The van der Waals surface area contributed by atoms with Crippen molar-refractivity contribution in [3.05, 3.63) is 119 Å². The molecule has 3 aliphatic heterocycles. The number of thiophene rings is 1. The van der Waals surface area contributed by atoms with Gasteiger partial charge < -0.3 is 126 Å². The molecule has 46 heteroatoms. The number of likely N-dealkylation sites (N-methyl/N-ethyl adjacent to an activating group) is 3. The smallest absolute Gasteiger partial charge is 0.303 e. The third-order valence-electron chi connectivity index (χ3n) is 24.7. The van der Waals surface area contributed by atoms with Gasteiger partial charge in [0.1, 0.15) is 96.6 Å². The first-order chi connectivity index (χ1) is 66.3. The van der Waals surface area contributed by atoms with Gasteiger partial charge in [0, 0.05) is 106 Å². The molecule has 9 rings (SSSR count). The van der Waals surface area contributed by atoms with Crippen LogP contribution in [0.2, 0.25) is 0 Å².